The van der Waals surface area contributed by atoms with Crippen molar-refractivity contribution in [2.75, 3.05) is 13.1 Å². The minimum absolute atomic E-state index is 0.165. The largest absolute Gasteiger partial charge is 0.464 e. The SMILES string of the molecule is Cc1cnn(C)c1-c1nc(OC2CNC2)sc1C#N. The van der Waals surface area contributed by atoms with Crippen molar-refractivity contribution in [3.05, 3.63) is 16.6 Å². The highest BCUT2D eigenvalue weighted by Crippen LogP contribution is 2.33. The molecule has 0 bridgehead atoms. The van der Waals surface area contributed by atoms with Crippen LogP contribution in [0.1, 0.15) is 10.4 Å². The van der Waals surface area contributed by atoms with Gasteiger partial charge in [-0.15, -0.1) is 0 Å². The molecule has 1 fully saturated rings. The molecule has 1 saturated heterocycles. The number of nitriles is 1. The monoisotopic (exact) mass is 275 g/mol. The van der Waals surface area contributed by atoms with Crippen molar-refractivity contribution in [1.82, 2.24) is 20.1 Å². The number of thiazole rings is 1. The molecule has 3 heterocycles. The number of nitrogens with one attached hydrogen (secondary N) is 1. The van der Waals surface area contributed by atoms with E-state index in [1.54, 1.807) is 10.9 Å². The summed E-state index contributed by atoms with van der Waals surface area (Å²) in [5.41, 5.74) is 2.53. The van der Waals surface area contributed by atoms with Gasteiger partial charge in [0.2, 0.25) is 0 Å². The molecule has 3 rings (SSSR count). The van der Waals surface area contributed by atoms with Crippen molar-refractivity contribution in [2.24, 2.45) is 7.05 Å². The van der Waals surface area contributed by atoms with Crippen LogP contribution in [0.3, 0.4) is 0 Å². The lowest BCUT2D eigenvalue weighted by Crippen LogP contribution is -2.50. The highest BCUT2D eigenvalue weighted by atomic mass is 32.1. The van der Waals surface area contributed by atoms with Gasteiger partial charge in [0.1, 0.15) is 22.7 Å². The minimum Gasteiger partial charge on any atom is -0.464 e. The molecular weight excluding hydrogens is 262 g/mol. The first-order chi connectivity index (χ1) is 9.19. The van der Waals surface area contributed by atoms with E-state index in [2.05, 4.69) is 21.5 Å². The number of ether oxygens (including phenoxy) is 1. The van der Waals surface area contributed by atoms with Gasteiger partial charge in [-0.3, -0.25) is 4.68 Å². The number of nitrogens with zero attached hydrogens (tertiary/aromatic N) is 4. The van der Waals surface area contributed by atoms with Crippen LogP contribution in [-0.4, -0.2) is 34.0 Å². The number of rotatable bonds is 3. The molecule has 0 aliphatic carbocycles. The second-order valence-electron chi connectivity index (χ2n) is 4.47. The van der Waals surface area contributed by atoms with Crippen LogP contribution in [-0.2, 0) is 7.05 Å². The lowest BCUT2D eigenvalue weighted by molar-refractivity contribution is 0.142. The van der Waals surface area contributed by atoms with Gasteiger partial charge in [-0.2, -0.15) is 15.3 Å². The van der Waals surface area contributed by atoms with E-state index < -0.39 is 0 Å². The first-order valence-corrected chi connectivity index (χ1v) is 6.78. The van der Waals surface area contributed by atoms with Crippen molar-refractivity contribution >= 4 is 11.3 Å². The molecule has 2 aromatic heterocycles. The predicted octanol–water partition coefficient (Wildman–Crippen LogP) is 1.07. The molecule has 1 N–H and O–H groups in total. The Hall–Kier alpha value is -1.91. The molecule has 1 aliphatic heterocycles. The first-order valence-electron chi connectivity index (χ1n) is 5.96. The Balaban J connectivity index is 1.98. The van der Waals surface area contributed by atoms with Crippen LogP contribution >= 0.6 is 11.3 Å². The summed E-state index contributed by atoms with van der Waals surface area (Å²) >= 11 is 1.29. The second-order valence-corrected chi connectivity index (χ2v) is 5.43. The van der Waals surface area contributed by atoms with E-state index >= 15 is 0 Å². The van der Waals surface area contributed by atoms with Gasteiger partial charge in [-0.05, 0) is 12.5 Å². The maximum atomic E-state index is 9.24. The van der Waals surface area contributed by atoms with E-state index in [4.69, 9.17) is 4.74 Å². The predicted molar refractivity (Wildman–Crippen MR) is 71.1 cm³/mol. The average molecular weight is 275 g/mol. The van der Waals surface area contributed by atoms with Crippen LogP contribution in [0.2, 0.25) is 0 Å². The smallest absolute Gasteiger partial charge is 0.275 e. The Bertz CT molecular complexity index is 630. The topological polar surface area (TPSA) is 75.8 Å². The molecule has 0 aromatic carbocycles. The number of aromatic nitrogens is 3. The molecule has 19 heavy (non-hydrogen) atoms. The molecule has 6 nitrogen and oxygen atoms in total. The standard InChI is InChI=1S/C12H13N5OS/c1-7-4-15-17(2)11(7)10-9(3-13)19-12(16-10)18-8-5-14-6-8/h4,8,14H,5-6H2,1-2H3. The average Bonchev–Trinajstić information content (AvgIpc) is 2.88. The molecule has 2 aromatic rings. The fourth-order valence-electron chi connectivity index (χ4n) is 1.96. The zero-order valence-electron chi connectivity index (χ0n) is 10.7. The maximum absolute atomic E-state index is 9.24. The van der Waals surface area contributed by atoms with Crippen molar-refractivity contribution in [3.8, 4) is 22.7 Å². The lowest BCUT2D eigenvalue weighted by atomic mass is 10.2. The van der Waals surface area contributed by atoms with Crippen LogP contribution in [0, 0.1) is 18.3 Å². The van der Waals surface area contributed by atoms with E-state index in [9.17, 15) is 5.26 Å². The van der Waals surface area contributed by atoms with Crippen LogP contribution in [0.15, 0.2) is 6.20 Å². The van der Waals surface area contributed by atoms with Crippen molar-refractivity contribution < 1.29 is 4.74 Å². The summed E-state index contributed by atoms with van der Waals surface area (Å²) in [5.74, 6) is 0. The summed E-state index contributed by atoms with van der Waals surface area (Å²) in [6.07, 6.45) is 1.94. The lowest BCUT2D eigenvalue weighted by Gasteiger charge is -2.26. The van der Waals surface area contributed by atoms with Crippen LogP contribution in [0.4, 0.5) is 0 Å². The number of aryl methyl sites for hydroxylation is 2. The third-order valence-corrected chi connectivity index (χ3v) is 3.92. The Labute approximate surface area is 114 Å². The number of hydrogen-bond acceptors (Lipinski definition) is 6. The molecule has 0 unspecified atom stereocenters. The highest BCUT2D eigenvalue weighted by Gasteiger charge is 2.23. The van der Waals surface area contributed by atoms with E-state index in [-0.39, 0.29) is 6.10 Å². The van der Waals surface area contributed by atoms with Crippen molar-refractivity contribution in [2.45, 2.75) is 13.0 Å². The normalized spacial score (nSPS) is 15.0. The van der Waals surface area contributed by atoms with E-state index in [1.165, 1.54) is 11.3 Å². The van der Waals surface area contributed by atoms with E-state index in [0.717, 1.165) is 24.3 Å². The summed E-state index contributed by atoms with van der Waals surface area (Å²) in [6.45, 7) is 3.63. The molecular formula is C12H13N5OS. The van der Waals surface area contributed by atoms with Gasteiger partial charge in [0.05, 0.1) is 11.9 Å². The summed E-state index contributed by atoms with van der Waals surface area (Å²) in [7, 11) is 1.85. The van der Waals surface area contributed by atoms with Gasteiger partial charge in [0.25, 0.3) is 5.19 Å². The van der Waals surface area contributed by atoms with Gasteiger partial charge in [0, 0.05) is 20.1 Å². The molecule has 98 valence electrons. The molecule has 1 aliphatic rings. The zero-order chi connectivity index (χ0) is 13.4. The van der Waals surface area contributed by atoms with Crippen LogP contribution in [0.25, 0.3) is 11.4 Å². The summed E-state index contributed by atoms with van der Waals surface area (Å²) in [4.78, 5) is 5.02. The molecule has 0 radical (unpaired) electrons. The van der Waals surface area contributed by atoms with Crippen LogP contribution in [0.5, 0.6) is 5.19 Å². The van der Waals surface area contributed by atoms with Gasteiger partial charge < -0.3 is 10.1 Å². The third kappa shape index (κ3) is 2.09. The molecule has 0 amide bonds. The highest BCUT2D eigenvalue weighted by molar-refractivity contribution is 7.14. The zero-order valence-corrected chi connectivity index (χ0v) is 11.5. The van der Waals surface area contributed by atoms with Gasteiger partial charge in [-0.25, -0.2) is 0 Å². The van der Waals surface area contributed by atoms with Crippen LogP contribution < -0.4 is 10.1 Å². The summed E-state index contributed by atoms with van der Waals surface area (Å²) in [6, 6.07) is 2.19. The molecule has 7 heteroatoms. The van der Waals surface area contributed by atoms with Gasteiger partial charge >= 0.3 is 0 Å². The van der Waals surface area contributed by atoms with E-state index in [1.807, 2.05) is 14.0 Å². The van der Waals surface area contributed by atoms with Gasteiger partial charge in [-0.1, -0.05) is 11.3 Å². The second kappa shape index (κ2) is 4.64. The Morgan fingerprint density at radius 2 is 2.37 bits per heavy atom. The molecule has 0 spiro atoms. The third-order valence-electron chi connectivity index (χ3n) is 3.07. The number of hydrogen-bond donors (Lipinski definition) is 1. The summed E-state index contributed by atoms with van der Waals surface area (Å²) < 4.78 is 7.45. The molecule has 0 atom stereocenters. The van der Waals surface area contributed by atoms with Crippen molar-refractivity contribution in [3.63, 3.8) is 0 Å². The molecule has 0 saturated carbocycles. The first kappa shape index (κ1) is 12.1. The minimum atomic E-state index is 0.165. The Morgan fingerprint density at radius 1 is 1.58 bits per heavy atom. The fourth-order valence-corrected chi connectivity index (χ4v) is 2.74. The van der Waals surface area contributed by atoms with Gasteiger partial charge in [0.15, 0.2) is 0 Å². The quantitative estimate of drug-likeness (QED) is 0.907. The maximum Gasteiger partial charge on any atom is 0.275 e. The van der Waals surface area contributed by atoms with E-state index in [0.29, 0.717) is 15.8 Å². The Kier molecular flexibility index (Phi) is 2.97. The summed E-state index contributed by atoms with van der Waals surface area (Å²) in [5, 5.41) is 17.1. The fraction of sp³-hybridized carbons (Fsp3) is 0.417. The Morgan fingerprint density at radius 3 is 2.89 bits per heavy atom. The van der Waals surface area contributed by atoms with Crippen molar-refractivity contribution in [1.29, 1.82) is 5.26 Å².